The minimum atomic E-state index is -4.38. The first kappa shape index (κ1) is 51.7. The van der Waals surface area contributed by atoms with Crippen molar-refractivity contribution >= 4 is 19.8 Å². The van der Waals surface area contributed by atoms with Crippen LogP contribution < -0.4 is 0 Å². The first-order chi connectivity index (χ1) is 26.0. The molecule has 54 heavy (non-hydrogen) atoms. The second-order valence-corrected chi connectivity index (χ2v) is 16.5. The van der Waals surface area contributed by atoms with E-state index < -0.39 is 26.5 Å². The van der Waals surface area contributed by atoms with Gasteiger partial charge in [-0.25, -0.2) is 4.57 Å². The summed E-state index contributed by atoms with van der Waals surface area (Å²) in [6, 6.07) is 0. The largest absolute Gasteiger partial charge is 0.472 e. The third-order valence-electron chi connectivity index (χ3n) is 8.56. The monoisotopic (exact) mass is 781 g/mol. The van der Waals surface area contributed by atoms with Gasteiger partial charge in [0.1, 0.15) is 19.8 Å². The van der Waals surface area contributed by atoms with Crippen molar-refractivity contribution in [3.05, 3.63) is 60.8 Å². The summed E-state index contributed by atoms with van der Waals surface area (Å²) in [6.45, 7) is 4.24. The Balaban J connectivity index is 4.45. The number of phosphoric ester groups is 1. The summed E-state index contributed by atoms with van der Waals surface area (Å²) in [7, 11) is 1.45. The van der Waals surface area contributed by atoms with Crippen LogP contribution in [0.25, 0.3) is 0 Å². The van der Waals surface area contributed by atoms with Gasteiger partial charge in [-0.1, -0.05) is 145 Å². The molecule has 0 fully saturated rings. The van der Waals surface area contributed by atoms with Crippen LogP contribution in [-0.4, -0.2) is 74.9 Å². The van der Waals surface area contributed by atoms with Crippen LogP contribution in [0, 0.1) is 0 Å². The molecule has 0 aliphatic heterocycles. The van der Waals surface area contributed by atoms with Gasteiger partial charge in [0, 0.05) is 12.8 Å². The molecule has 0 aliphatic carbocycles. The summed E-state index contributed by atoms with van der Waals surface area (Å²) in [5.41, 5.74) is 0. The number of esters is 2. The number of hydrogen-bond acceptors (Lipinski definition) is 7. The second kappa shape index (κ2) is 36.4. The van der Waals surface area contributed by atoms with Crippen LogP contribution in [0.5, 0.6) is 0 Å². The van der Waals surface area contributed by atoms with Gasteiger partial charge in [0.25, 0.3) is 0 Å². The highest BCUT2D eigenvalue weighted by Gasteiger charge is 2.27. The Kier molecular flexibility index (Phi) is 34.8. The SMILES string of the molecule is CC/C=C\C/C=C\C/C=C\C/C=C\C/C=C\CCCCCC(=O)OC(COC(=O)CCCCCCCCCCCCC)COP(=O)(O)OCC[N+](C)(C)C. The molecule has 0 spiro atoms. The number of quaternary nitrogens is 1. The Bertz CT molecular complexity index is 1110. The molecule has 0 radical (unpaired) electrons. The van der Waals surface area contributed by atoms with Crippen molar-refractivity contribution in [2.24, 2.45) is 0 Å². The number of rotatable bonds is 37. The van der Waals surface area contributed by atoms with Crippen LogP contribution in [0.3, 0.4) is 0 Å². The number of likely N-dealkylation sites (N-methyl/N-ethyl adjacent to an activating group) is 1. The molecule has 9 nitrogen and oxygen atoms in total. The molecule has 0 heterocycles. The van der Waals surface area contributed by atoms with Crippen molar-refractivity contribution in [3.63, 3.8) is 0 Å². The highest BCUT2D eigenvalue weighted by atomic mass is 31.2. The predicted molar refractivity (Wildman–Crippen MR) is 224 cm³/mol. The fourth-order valence-corrected chi connectivity index (χ4v) is 6.02. The predicted octanol–water partition coefficient (Wildman–Crippen LogP) is 11.7. The number of carbonyl (C=O) groups excluding carboxylic acids is 2. The Labute approximate surface area is 330 Å². The topological polar surface area (TPSA) is 108 Å². The minimum absolute atomic E-state index is 0.0231. The van der Waals surface area contributed by atoms with E-state index in [0.717, 1.165) is 70.6 Å². The van der Waals surface area contributed by atoms with Crippen LogP contribution in [-0.2, 0) is 32.7 Å². The lowest BCUT2D eigenvalue weighted by Crippen LogP contribution is -2.37. The lowest BCUT2D eigenvalue weighted by molar-refractivity contribution is -0.870. The van der Waals surface area contributed by atoms with Crippen LogP contribution in [0.4, 0.5) is 0 Å². The van der Waals surface area contributed by atoms with Gasteiger partial charge in [-0.2, -0.15) is 0 Å². The Hall–Kier alpha value is -2.29. The molecule has 10 heteroatoms. The molecule has 2 unspecified atom stereocenters. The molecule has 0 aromatic heterocycles. The fraction of sp³-hybridized carbons (Fsp3) is 0.727. The first-order valence-corrected chi connectivity index (χ1v) is 22.5. The maximum Gasteiger partial charge on any atom is 0.472 e. The normalized spacial score (nSPS) is 14.3. The summed E-state index contributed by atoms with van der Waals surface area (Å²) >= 11 is 0. The van der Waals surface area contributed by atoms with Crippen LogP contribution >= 0.6 is 7.82 Å². The van der Waals surface area contributed by atoms with E-state index in [-0.39, 0.29) is 32.0 Å². The number of phosphoric acid groups is 1. The maximum atomic E-state index is 12.7. The van der Waals surface area contributed by atoms with Crippen LogP contribution in [0.15, 0.2) is 60.8 Å². The minimum Gasteiger partial charge on any atom is -0.462 e. The lowest BCUT2D eigenvalue weighted by atomic mass is 10.1. The summed E-state index contributed by atoms with van der Waals surface area (Å²) in [5.74, 6) is -0.841. The molecular weight excluding hydrogens is 701 g/mol. The molecule has 0 saturated carbocycles. The van der Waals surface area contributed by atoms with E-state index in [0.29, 0.717) is 17.4 Å². The molecule has 0 rings (SSSR count). The van der Waals surface area contributed by atoms with Gasteiger partial charge < -0.3 is 18.9 Å². The van der Waals surface area contributed by atoms with E-state index in [1.807, 2.05) is 21.1 Å². The molecule has 2 atom stereocenters. The molecule has 0 amide bonds. The molecule has 0 aliphatic rings. The zero-order chi connectivity index (χ0) is 40.0. The zero-order valence-corrected chi connectivity index (χ0v) is 35.8. The van der Waals surface area contributed by atoms with Gasteiger partial charge in [0.2, 0.25) is 0 Å². The number of unbranched alkanes of at least 4 members (excludes halogenated alkanes) is 13. The van der Waals surface area contributed by atoms with Crippen molar-refractivity contribution in [1.82, 2.24) is 0 Å². The van der Waals surface area contributed by atoms with Gasteiger partial charge in [-0.15, -0.1) is 0 Å². The van der Waals surface area contributed by atoms with Crippen molar-refractivity contribution in [3.8, 4) is 0 Å². The number of allylic oxidation sites excluding steroid dienone is 10. The Morgan fingerprint density at radius 1 is 0.593 bits per heavy atom. The van der Waals surface area contributed by atoms with Crippen molar-refractivity contribution in [2.75, 3.05) is 47.5 Å². The highest BCUT2D eigenvalue weighted by molar-refractivity contribution is 7.47. The lowest BCUT2D eigenvalue weighted by Gasteiger charge is -2.24. The van der Waals surface area contributed by atoms with Gasteiger partial charge >= 0.3 is 19.8 Å². The summed E-state index contributed by atoms with van der Waals surface area (Å²) < 4.78 is 34.2. The quantitative estimate of drug-likeness (QED) is 0.0218. The van der Waals surface area contributed by atoms with E-state index in [9.17, 15) is 19.0 Å². The van der Waals surface area contributed by atoms with Gasteiger partial charge in [0.15, 0.2) is 6.10 Å². The van der Waals surface area contributed by atoms with E-state index in [1.165, 1.54) is 51.4 Å². The standard InChI is InChI=1S/C44H78NO8P/c1-6-8-10-12-14-16-18-19-20-21-22-23-24-25-27-29-31-33-35-37-44(47)53-42(41-52-54(48,49)51-39-38-45(3,4)5)40-50-43(46)36-34-32-30-28-26-17-15-13-11-9-7-2/h8,10,14,16,19-20,22-23,25,27,42H,6-7,9,11-13,15,17-18,21,24,26,28-41H2,1-5H3/p+1/b10-8-,16-14-,20-19-,23-22-,27-25-. The van der Waals surface area contributed by atoms with E-state index in [4.69, 9.17) is 18.5 Å². The average molecular weight is 781 g/mol. The van der Waals surface area contributed by atoms with Crippen molar-refractivity contribution < 1.29 is 42.1 Å². The average Bonchev–Trinajstić information content (AvgIpc) is 3.12. The van der Waals surface area contributed by atoms with E-state index in [1.54, 1.807) is 0 Å². The number of carbonyl (C=O) groups is 2. The smallest absolute Gasteiger partial charge is 0.462 e. The summed E-state index contributed by atoms with van der Waals surface area (Å²) in [5, 5.41) is 0. The fourth-order valence-electron chi connectivity index (χ4n) is 5.27. The van der Waals surface area contributed by atoms with Crippen molar-refractivity contribution in [1.29, 1.82) is 0 Å². The van der Waals surface area contributed by atoms with E-state index in [2.05, 4.69) is 74.6 Å². The third-order valence-corrected chi connectivity index (χ3v) is 9.55. The Morgan fingerprint density at radius 2 is 1.06 bits per heavy atom. The van der Waals surface area contributed by atoms with Gasteiger partial charge in [-0.3, -0.25) is 18.6 Å². The maximum absolute atomic E-state index is 12.7. The summed E-state index contributed by atoms with van der Waals surface area (Å²) in [6.07, 6.45) is 42.7. The molecular formula is C44H79NO8P+. The van der Waals surface area contributed by atoms with Crippen LogP contribution in [0.2, 0.25) is 0 Å². The first-order valence-electron chi connectivity index (χ1n) is 21.0. The molecule has 0 aromatic carbocycles. The zero-order valence-electron chi connectivity index (χ0n) is 34.9. The van der Waals surface area contributed by atoms with Gasteiger partial charge in [-0.05, 0) is 57.8 Å². The van der Waals surface area contributed by atoms with Crippen LogP contribution in [0.1, 0.15) is 155 Å². The molecule has 0 bridgehead atoms. The Morgan fingerprint density at radius 3 is 1.57 bits per heavy atom. The second-order valence-electron chi connectivity index (χ2n) is 15.0. The third kappa shape index (κ3) is 39.4. The van der Waals surface area contributed by atoms with E-state index >= 15 is 0 Å². The molecule has 0 aromatic rings. The molecule has 0 saturated heterocycles. The van der Waals surface area contributed by atoms with Gasteiger partial charge in [0.05, 0.1) is 27.7 Å². The summed E-state index contributed by atoms with van der Waals surface area (Å²) in [4.78, 5) is 35.3. The number of nitrogens with zero attached hydrogens (tertiary/aromatic N) is 1. The number of ether oxygens (including phenoxy) is 2. The van der Waals surface area contributed by atoms with Crippen molar-refractivity contribution in [2.45, 2.75) is 161 Å². The molecule has 312 valence electrons. The number of hydrogen-bond donors (Lipinski definition) is 1. The highest BCUT2D eigenvalue weighted by Crippen LogP contribution is 2.43. The molecule has 1 N–H and O–H groups in total.